The summed E-state index contributed by atoms with van der Waals surface area (Å²) < 4.78 is 5.34. The molecule has 0 saturated heterocycles. The van der Waals surface area contributed by atoms with Crippen LogP contribution < -0.4 is 10.1 Å². The van der Waals surface area contributed by atoms with Gasteiger partial charge in [0, 0.05) is 38.6 Å². The number of methoxy groups -OCH3 is 1. The van der Waals surface area contributed by atoms with Gasteiger partial charge in [0.2, 0.25) is 0 Å². The van der Waals surface area contributed by atoms with Gasteiger partial charge in [-0.15, -0.1) is 0 Å². The molecule has 2 aromatic heterocycles. The molecule has 0 amide bonds. The first-order valence-corrected chi connectivity index (χ1v) is 13.3. The molecular weight excluding hydrogens is 456 g/mol. The van der Waals surface area contributed by atoms with Crippen molar-refractivity contribution in [2.24, 2.45) is 0 Å². The van der Waals surface area contributed by atoms with Crippen molar-refractivity contribution in [3.05, 3.63) is 125 Å². The number of benzene rings is 2. The van der Waals surface area contributed by atoms with Gasteiger partial charge in [-0.25, -0.2) is 0 Å². The number of pyridine rings is 2. The van der Waals surface area contributed by atoms with Crippen molar-refractivity contribution in [3.63, 3.8) is 0 Å². The van der Waals surface area contributed by atoms with E-state index in [0.29, 0.717) is 6.04 Å². The van der Waals surface area contributed by atoms with Crippen molar-refractivity contribution in [2.45, 2.75) is 51.4 Å². The van der Waals surface area contributed by atoms with Crippen molar-refractivity contribution >= 4 is 0 Å². The Morgan fingerprint density at radius 3 is 2.41 bits per heavy atom. The second-order valence-electron chi connectivity index (χ2n) is 9.77. The van der Waals surface area contributed by atoms with Gasteiger partial charge < -0.3 is 10.1 Å². The molecule has 0 bridgehead atoms. The summed E-state index contributed by atoms with van der Waals surface area (Å²) in [6.07, 6.45) is 8.29. The van der Waals surface area contributed by atoms with Crippen LogP contribution in [0, 0.1) is 0 Å². The van der Waals surface area contributed by atoms with Gasteiger partial charge in [-0.2, -0.15) is 0 Å². The van der Waals surface area contributed by atoms with Gasteiger partial charge in [0.05, 0.1) is 24.5 Å². The maximum Gasteiger partial charge on any atom is 0.118 e. The lowest BCUT2D eigenvalue weighted by atomic mass is 9.90. The van der Waals surface area contributed by atoms with Crippen molar-refractivity contribution in [2.75, 3.05) is 13.7 Å². The zero-order valence-corrected chi connectivity index (χ0v) is 21.6. The SMILES string of the molecule is COc1ccc(CCN(Cc2ccc(CNCc3ccccn3)cc2)C2CCCc3cccnc32)cc1. The monoisotopic (exact) mass is 492 g/mol. The van der Waals surface area contributed by atoms with E-state index >= 15 is 0 Å². The van der Waals surface area contributed by atoms with Crippen molar-refractivity contribution < 1.29 is 4.74 Å². The molecular formula is C32H36N4O. The number of nitrogens with zero attached hydrogens (tertiary/aromatic N) is 3. The van der Waals surface area contributed by atoms with Crippen LogP contribution in [0.4, 0.5) is 0 Å². The van der Waals surface area contributed by atoms with E-state index in [4.69, 9.17) is 9.72 Å². The first-order chi connectivity index (χ1) is 18.3. The molecule has 0 spiro atoms. The molecule has 1 aliphatic carbocycles. The Morgan fingerprint density at radius 1 is 0.838 bits per heavy atom. The second-order valence-corrected chi connectivity index (χ2v) is 9.77. The molecule has 1 unspecified atom stereocenters. The molecule has 5 heteroatoms. The molecule has 2 aromatic carbocycles. The lowest BCUT2D eigenvalue weighted by Crippen LogP contribution is -2.33. The predicted molar refractivity (Wildman–Crippen MR) is 148 cm³/mol. The third kappa shape index (κ3) is 6.82. The summed E-state index contributed by atoms with van der Waals surface area (Å²) in [5, 5.41) is 3.50. The lowest BCUT2D eigenvalue weighted by Gasteiger charge is -2.35. The number of hydrogen-bond acceptors (Lipinski definition) is 5. The fraction of sp³-hybridized carbons (Fsp3) is 0.312. The van der Waals surface area contributed by atoms with Crippen LogP contribution >= 0.6 is 0 Å². The molecule has 190 valence electrons. The lowest BCUT2D eigenvalue weighted by molar-refractivity contribution is 0.168. The Hall–Kier alpha value is -3.54. The molecule has 0 radical (unpaired) electrons. The summed E-state index contributed by atoms with van der Waals surface area (Å²) in [5.74, 6) is 0.903. The maximum atomic E-state index is 5.34. The quantitative estimate of drug-likeness (QED) is 0.283. The summed E-state index contributed by atoms with van der Waals surface area (Å²) >= 11 is 0. The molecule has 5 nitrogen and oxygen atoms in total. The minimum absolute atomic E-state index is 0.350. The number of fused-ring (bicyclic) bond motifs is 1. The van der Waals surface area contributed by atoms with Crippen molar-refractivity contribution in [3.8, 4) is 5.75 Å². The molecule has 0 aliphatic heterocycles. The van der Waals surface area contributed by atoms with E-state index in [0.717, 1.165) is 56.9 Å². The smallest absolute Gasteiger partial charge is 0.118 e. The number of ether oxygens (including phenoxy) is 1. The van der Waals surface area contributed by atoms with Crippen LogP contribution in [0.25, 0.3) is 0 Å². The van der Waals surface area contributed by atoms with E-state index < -0.39 is 0 Å². The summed E-state index contributed by atoms with van der Waals surface area (Å²) in [6, 6.07) is 28.2. The summed E-state index contributed by atoms with van der Waals surface area (Å²) in [6.45, 7) is 3.51. The number of aryl methyl sites for hydroxylation is 1. The minimum atomic E-state index is 0.350. The zero-order chi connectivity index (χ0) is 25.3. The Morgan fingerprint density at radius 2 is 1.62 bits per heavy atom. The van der Waals surface area contributed by atoms with Gasteiger partial charge in [-0.3, -0.25) is 14.9 Å². The van der Waals surface area contributed by atoms with Gasteiger partial charge in [0.1, 0.15) is 5.75 Å². The molecule has 4 aromatic rings. The van der Waals surface area contributed by atoms with E-state index in [1.165, 1.54) is 34.4 Å². The van der Waals surface area contributed by atoms with Crippen LogP contribution in [0.5, 0.6) is 5.75 Å². The molecule has 0 fully saturated rings. The highest BCUT2D eigenvalue weighted by Crippen LogP contribution is 2.34. The van der Waals surface area contributed by atoms with Crippen LogP contribution in [0.3, 0.4) is 0 Å². The van der Waals surface area contributed by atoms with Crippen LogP contribution in [0.15, 0.2) is 91.3 Å². The number of rotatable bonds is 11. The molecule has 2 heterocycles. The Labute approximate surface area is 220 Å². The predicted octanol–water partition coefficient (Wildman–Crippen LogP) is 5.90. The van der Waals surface area contributed by atoms with Crippen molar-refractivity contribution in [1.29, 1.82) is 0 Å². The van der Waals surface area contributed by atoms with Gasteiger partial charge in [0.25, 0.3) is 0 Å². The highest BCUT2D eigenvalue weighted by atomic mass is 16.5. The number of aromatic nitrogens is 2. The average Bonchev–Trinajstić information content (AvgIpc) is 2.96. The molecule has 0 saturated carbocycles. The first-order valence-electron chi connectivity index (χ1n) is 13.3. The molecule has 1 N–H and O–H groups in total. The Balaban J connectivity index is 1.26. The van der Waals surface area contributed by atoms with E-state index in [1.54, 1.807) is 7.11 Å². The van der Waals surface area contributed by atoms with Gasteiger partial charge >= 0.3 is 0 Å². The van der Waals surface area contributed by atoms with Crippen molar-refractivity contribution in [1.82, 2.24) is 20.2 Å². The maximum absolute atomic E-state index is 5.34. The normalized spacial score (nSPS) is 14.9. The van der Waals surface area contributed by atoms with Crippen LogP contribution in [-0.4, -0.2) is 28.5 Å². The summed E-state index contributed by atoms with van der Waals surface area (Å²) in [4.78, 5) is 11.9. The molecule has 37 heavy (non-hydrogen) atoms. The van der Waals surface area contributed by atoms with Gasteiger partial charge in [0.15, 0.2) is 0 Å². The fourth-order valence-electron chi connectivity index (χ4n) is 5.18. The Bertz CT molecular complexity index is 1240. The summed E-state index contributed by atoms with van der Waals surface area (Å²) in [7, 11) is 1.71. The third-order valence-corrected chi connectivity index (χ3v) is 7.22. The van der Waals surface area contributed by atoms with E-state index in [1.807, 2.05) is 24.5 Å². The standard InChI is InChI=1S/C32H36N4O/c1-37-30-16-14-25(15-17-30)18-21-36(31-9-4-6-28-7-5-20-35-32(28)31)24-27-12-10-26(11-13-27)22-33-23-29-8-2-3-19-34-29/h2-3,5,7-8,10-17,19-20,31,33H,4,6,9,18,21-24H2,1H3. The largest absolute Gasteiger partial charge is 0.497 e. The molecule has 1 atom stereocenters. The number of nitrogens with one attached hydrogen (secondary N) is 1. The first kappa shape index (κ1) is 25.1. The number of hydrogen-bond donors (Lipinski definition) is 1. The van der Waals surface area contributed by atoms with Gasteiger partial charge in [-0.05, 0) is 78.3 Å². The van der Waals surface area contributed by atoms with Gasteiger partial charge in [-0.1, -0.05) is 48.5 Å². The third-order valence-electron chi connectivity index (χ3n) is 7.22. The van der Waals surface area contributed by atoms with E-state index in [2.05, 4.69) is 81.9 Å². The van der Waals surface area contributed by atoms with Crippen LogP contribution in [0.1, 0.15) is 52.5 Å². The highest BCUT2D eigenvalue weighted by Gasteiger charge is 2.27. The highest BCUT2D eigenvalue weighted by molar-refractivity contribution is 5.29. The molecule has 5 rings (SSSR count). The topological polar surface area (TPSA) is 50.3 Å². The minimum Gasteiger partial charge on any atom is -0.497 e. The molecule has 1 aliphatic rings. The second kappa shape index (κ2) is 12.6. The summed E-state index contributed by atoms with van der Waals surface area (Å²) in [5.41, 5.74) is 7.69. The van der Waals surface area contributed by atoms with Crippen LogP contribution in [0.2, 0.25) is 0 Å². The zero-order valence-electron chi connectivity index (χ0n) is 21.6. The fourth-order valence-corrected chi connectivity index (χ4v) is 5.18. The average molecular weight is 493 g/mol. The van der Waals surface area contributed by atoms with E-state index in [-0.39, 0.29) is 0 Å². The van der Waals surface area contributed by atoms with E-state index in [9.17, 15) is 0 Å². The Kier molecular flexibility index (Phi) is 8.57. The van der Waals surface area contributed by atoms with Crippen LogP contribution in [-0.2, 0) is 32.5 Å².